The third-order valence-electron chi connectivity index (χ3n) is 2.75. The molecule has 2 aromatic carbocycles. The van der Waals surface area contributed by atoms with Gasteiger partial charge in [-0.15, -0.1) is 11.8 Å². The molecular weight excluding hydrogens is 328 g/mol. The molecule has 0 unspecified atom stereocenters. The van der Waals surface area contributed by atoms with Crippen LogP contribution in [0.5, 0.6) is 0 Å². The van der Waals surface area contributed by atoms with Crippen molar-refractivity contribution in [2.45, 2.75) is 15.9 Å². The number of sulfone groups is 1. The van der Waals surface area contributed by atoms with E-state index >= 15 is 0 Å². The first kappa shape index (κ1) is 16.4. The normalized spacial score (nSPS) is 13.0. The highest BCUT2D eigenvalue weighted by molar-refractivity contribution is 7.99. The number of hydrogen-bond donors (Lipinski definition) is 1. The summed E-state index contributed by atoms with van der Waals surface area (Å²) in [6.45, 7) is 0. The molecule has 1 N–H and O–H groups in total. The highest BCUT2D eigenvalue weighted by Crippen LogP contribution is 2.23. The van der Waals surface area contributed by atoms with Gasteiger partial charge in [0.05, 0.1) is 16.8 Å². The number of halogens is 1. The summed E-state index contributed by atoms with van der Waals surface area (Å²) in [5.41, 5.74) is 0. The van der Waals surface area contributed by atoms with E-state index in [9.17, 15) is 13.5 Å². The second-order valence-corrected chi connectivity index (χ2v) is 8.08. The van der Waals surface area contributed by atoms with Crippen molar-refractivity contribution in [3.05, 3.63) is 59.6 Å². The van der Waals surface area contributed by atoms with Crippen molar-refractivity contribution in [3.8, 4) is 0 Å². The lowest BCUT2D eigenvalue weighted by molar-refractivity contribution is 0.222. The highest BCUT2D eigenvalue weighted by Gasteiger charge is 2.19. The Labute approximate surface area is 133 Å². The number of aliphatic hydroxyl groups excluding tert-OH is 1. The summed E-state index contributed by atoms with van der Waals surface area (Å²) in [7, 11) is -3.46. The van der Waals surface area contributed by atoms with Gasteiger partial charge >= 0.3 is 0 Å². The minimum atomic E-state index is -3.46. The molecule has 2 aromatic rings. The maximum atomic E-state index is 12.1. The van der Waals surface area contributed by atoms with Gasteiger partial charge in [-0.2, -0.15) is 0 Å². The van der Waals surface area contributed by atoms with Gasteiger partial charge in [0.15, 0.2) is 9.84 Å². The zero-order valence-electron chi connectivity index (χ0n) is 11.1. The van der Waals surface area contributed by atoms with Crippen LogP contribution in [-0.2, 0) is 9.84 Å². The maximum Gasteiger partial charge on any atom is 0.180 e. The summed E-state index contributed by atoms with van der Waals surface area (Å²) in [6, 6.07) is 15.4. The molecule has 1 atom stereocenters. The van der Waals surface area contributed by atoms with E-state index in [2.05, 4.69) is 0 Å². The van der Waals surface area contributed by atoms with E-state index in [4.69, 9.17) is 11.6 Å². The molecule has 0 aliphatic rings. The van der Waals surface area contributed by atoms with Crippen LogP contribution in [0, 0.1) is 0 Å². The summed E-state index contributed by atoms with van der Waals surface area (Å²) in [6.07, 6.45) is -0.931. The predicted molar refractivity (Wildman–Crippen MR) is 86.7 cm³/mol. The average molecular weight is 343 g/mol. The number of thioether (sulfide) groups is 1. The standard InChI is InChI=1S/C15H15ClO3S2/c16-12-5-4-6-14(9-12)20-10-13(17)11-21(18,19)15-7-2-1-3-8-15/h1-9,13,17H,10-11H2/t13-/m1/s1. The lowest BCUT2D eigenvalue weighted by Crippen LogP contribution is -2.23. The summed E-state index contributed by atoms with van der Waals surface area (Å²) >= 11 is 7.25. The molecule has 6 heteroatoms. The predicted octanol–water partition coefficient (Wildman–Crippen LogP) is 3.27. The molecule has 0 saturated carbocycles. The molecule has 0 aliphatic heterocycles. The molecule has 3 nitrogen and oxygen atoms in total. The van der Waals surface area contributed by atoms with E-state index in [0.29, 0.717) is 10.8 Å². The van der Waals surface area contributed by atoms with Gasteiger partial charge in [-0.05, 0) is 30.3 Å². The molecule has 0 spiro atoms. The third kappa shape index (κ3) is 5.04. The number of rotatable bonds is 6. The molecular formula is C15H15ClO3S2. The van der Waals surface area contributed by atoms with Crippen molar-refractivity contribution >= 4 is 33.2 Å². The van der Waals surface area contributed by atoms with Gasteiger partial charge in [-0.1, -0.05) is 35.9 Å². The Balaban J connectivity index is 1.94. The van der Waals surface area contributed by atoms with Crippen molar-refractivity contribution in [1.82, 2.24) is 0 Å². The van der Waals surface area contributed by atoms with Crippen LogP contribution in [0.25, 0.3) is 0 Å². The van der Waals surface area contributed by atoms with Crippen LogP contribution in [-0.4, -0.2) is 31.1 Å². The van der Waals surface area contributed by atoms with Crippen molar-refractivity contribution in [3.63, 3.8) is 0 Å². The fraction of sp³-hybridized carbons (Fsp3) is 0.200. The minimum Gasteiger partial charge on any atom is -0.391 e. The average Bonchev–Trinajstić information content (AvgIpc) is 2.46. The first-order chi connectivity index (χ1) is 9.97. The Morgan fingerprint density at radius 2 is 1.81 bits per heavy atom. The quantitative estimate of drug-likeness (QED) is 0.819. The van der Waals surface area contributed by atoms with E-state index in [1.807, 2.05) is 12.1 Å². The smallest absolute Gasteiger partial charge is 0.180 e. The molecule has 21 heavy (non-hydrogen) atoms. The van der Waals surface area contributed by atoms with Crippen molar-refractivity contribution in [1.29, 1.82) is 0 Å². The van der Waals surface area contributed by atoms with Crippen LogP contribution in [0.1, 0.15) is 0 Å². The molecule has 0 aliphatic carbocycles. The van der Waals surface area contributed by atoms with Crippen LogP contribution in [0.2, 0.25) is 5.02 Å². The molecule has 112 valence electrons. The molecule has 0 bridgehead atoms. The van der Waals surface area contributed by atoms with Gasteiger partial charge < -0.3 is 5.11 Å². The fourth-order valence-corrected chi connectivity index (χ4v) is 4.46. The Kier molecular flexibility index (Phi) is 5.70. The van der Waals surface area contributed by atoms with Gasteiger partial charge in [0.2, 0.25) is 0 Å². The summed E-state index contributed by atoms with van der Waals surface area (Å²) in [5.74, 6) is 0.0109. The minimum absolute atomic E-state index is 0.233. The summed E-state index contributed by atoms with van der Waals surface area (Å²) < 4.78 is 24.2. The van der Waals surface area contributed by atoms with Crippen molar-refractivity contribution in [2.24, 2.45) is 0 Å². The summed E-state index contributed by atoms with van der Waals surface area (Å²) in [4.78, 5) is 1.13. The lowest BCUT2D eigenvalue weighted by Gasteiger charge is -2.11. The third-order valence-corrected chi connectivity index (χ3v) is 5.94. The molecule has 0 amide bonds. The van der Waals surface area contributed by atoms with E-state index in [1.165, 1.54) is 23.9 Å². The molecule has 0 fully saturated rings. The largest absolute Gasteiger partial charge is 0.391 e. The van der Waals surface area contributed by atoms with E-state index in [-0.39, 0.29) is 10.6 Å². The van der Waals surface area contributed by atoms with Crippen LogP contribution in [0.15, 0.2) is 64.4 Å². The zero-order valence-corrected chi connectivity index (χ0v) is 13.5. The molecule has 0 aromatic heterocycles. The first-order valence-electron chi connectivity index (χ1n) is 6.31. The highest BCUT2D eigenvalue weighted by atomic mass is 35.5. The van der Waals surface area contributed by atoms with Crippen LogP contribution < -0.4 is 0 Å². The van der Waals surface area contributed by atoms with Gasteiger partial charge in [0.25, 0.3) is 0 Å². The van der Waals surface area contributed by atoms with E-state index in [1.54, 1.807) is 30.3 Å². The Hall–Kier alpha value is -1.01. The number of hydrogen-bond acceptors (Lipinski definition) is 4. The fourth-order valence-electron chi connectivity index (χ4n) is 1.77. The first-order valence-corrected chi connectivity index (χ1v) is 9.33. The van der Waals surface area contributed by atoms with Crippen molar-refractivity contribution < 1.29 is 13.5 Å². The lowest BCUT2D eigenvalue weighted by atomic mass is 10.4. The Morgan fingerprint density at radius 1 is 1.10 bits per heavy atom. The zero-order chi connectivity index (χ0) is 15.3. The van der Waals surface area contributed by atoms with Crippen LogP contribution >= 0.6 is 23.4 Å². The van der Waals surface area contributed by atoms with Crippen LogP contribution in [0.4, 0.5) is 0 Å². The Bertz CT molecular complexity index is 687. The van der Waals surface area contributed by atoms with Gasteiger partial charge in [0, 0.05) is 15.7 Å². The number of benzene rings is 2. The topological polar surface area (TPSA) is 54.4 Å². The van der Waals surface area contributed by atoms with E-state index in [0.717, 1.165) is 4.90 Å². The Morgan fingerprint density at radius 3 is 2.48 bits per heavy atom. The van der Waals surface area contributed by atoms with E-state index < -0.39 is 15.9 Å². The van der Waals surface area contributed by atoms with Crippen molar-refractivity contribution in [2.75, 3.05) is 11.5 Å². The van der Waals surface area contributed by atoms with Gasteiger partial charge in [-0.25, -0.2) is 8.42 Å². The molecule has 0 heterocycles. The molecule has 0 radical (unpaired) electrons. The van der Waals surface area contributed by atoms with Gasteiger partial charge in [0.1, 0.15) is 0 Å². The number of aliphatic hydroxyl groups is 1. The molecule has 2 rings (SSSR count). The second-order valence-electron chi connectivity index (χ2n) is 4.52. The monoisotopic (exact) mass is 342 g/mol. The van der Waals surface area contributed by atoms with Gasteiger partial charge in [-0.3, -0.25) is 0 Å². The second kappa shape index (κ2) is 7.31. The summed E-state index contributed by atoms with van der Waals surface area (Å²) in [5, 5.41) is 10.6. The SMILES string of the molecule is O=S(=O)(C[C@H](O)CSc1cccc(Cl)c1)c1ccccc1. The molecule has 0 saturated heterocycles. The maximum absolute atomic E-state index is 12.1. The van der Waals surface area contributed by atoms with Crippen LogP contribution in [0.3, 0.4) is 0 Å².